The van der Waals surface area contributed by atoms with Crippen LogP contribution in [0.5, 0.6) is 0 Å². The van der Waals surface area contributed by atoms with E-state index in [2.05, 4.69) is 35.8 Å². The molecular formula is C23H21N3O2S. The van der Waals surface area contributed by atoms with Crippen LogP contribution >= 0.6 is 11.8 Å². The number of fused-ring (bicyclic) bond motifs is 1. The maximum atomic E-state index is 12.0. The Labute approximate surface area is 173 Å². The third kappa shape index (κ3) is 4.03. The maximum absolute atomic E-state index is 12.0. The zero-order chi connectivity index (χ0) is 20.4. The van der Waals surface area contributed by atoms with Gasteiger partial charge < -0.3 is 4.42 Å². The number of hydrogen-bond acceptors (Lipinski definition) is 5. The Morgan fingerprint density at radius 1 is 1.10 bits per heavy atom. The van der Waals surface area contributed by atoms with Crippen molar-refractivity contribution in [2.45, 2.75) is 31.3 Å². The molecule has 6 heteroatoms. The van der Waals surface area contributed by atoms with Crippen LogP contribution < -0.4 is 5.63 Å². The van der Waals surface area contributed by atoms with E-state index in [0.717, 1.165) is 33.1 Å². The summed E-state index contributed by atoms with van der Waals surface area (Å²) >= 11 is 1.55. The van der Waals surface area contributed by atoms with Crippen LogP contribution in [0.1, 0.15) is 16.7 Å². The minimum atomic E-state index is -0.341. The van der Waals surface area contributed by atoms with Gasteiger partial charge in [-0.3, -0.25) is 4.57 Å². The largest absolute Gasteiger partial charge is 0.423 e. The smallest absolute Gasteiger partial charge is 0.336 e. The lowest BCUT2D eigenvalue weighted by Gasteiger charge is -2.09. The van der Waals surface area contributed by atoms with E-state index in [-0.39, 0.29) is 5.63 Å². The summed E-state index contributed by atoms with van der Waals surface area (Å²) in [4.78, 5) is 12.0. The first-order chi connectivity index (χ1) is 14.0. The number of aryl methyl sites for hydroxylation is 2. The van der Waals surface area contributed by atoms with Gasteiger partial charge in [-0.1, -0.05) is 53.7 Å². The number of aromatic nitrogens is 3. The van der Waals surface area contributed by atoms with Gasteiger partial charge in [0.2, 0.25) is 0 Å². The van der Waals surface area contributed by atoms with Crippen molar-refractivity contribution in [3.8, 4) is 11.4 Å². The van der Waals surface area contributed by atoms with Gasteiger partial charge >= 0.3 is 5.63 Å². The van der Waals surface area contributed by atoms with Crippen LogP contribution in [0.25, 0.3) is 22.4 Å². The van der Waals surface area contributed by atoms with Crippen molar-refractivity contribution >= 4 is 22.7 Å². The molecule has 0 unspecified atom stereocenters. The summed E-state index contributed by atoms with van der Waals surface area (Å²) in [6.07, 6.45) is 1.84. The topological polar surface area (TPSA) is 60.9 Å². The normalized spacial score (nSPS) is 11.1. The lowest BCUT2D eigenvalue weighted by molar-refractivity contribution is 0.559. The molecule has 0 aliphatic rings. The van der Waals surface area contributed by atoms with E-state index in [4.69, 9.17) is 4.42 Å². The van der Waals surface area contributed by atoms with Gasteiger partial charge in [0.05, 0.1) is 0 Å². The fourth-order valence-corrected chi connectivity index (χ4v) is 4.22. The van der Waals surface area contributed by atoms with Gasteiger partial charge in [0.1, 0.15) is 5.58 Å². The van der Waals surface area contributed by atoms with Crippen LogP contribution in [0.15, 0.2) is 75.6 Å². The molecule has 0 aliphatic heterocycles. The van der Waals surface area contributed by atoms with Gasteiger partial charge in [-0.2, -0.15) is 0 Å². The van der Waals surface area contributed by atoms with E-state index < -0.39 is 0 Å². The molecule has 0 aliphatic carbocycles. The molecule has 0 amide bonds. The summed E-state index contributed by atoms with van der Waals surface area (Å²) in [5.74, 6) is 1.40. The summed E-state index contributed by atoms with van der Waals surface area (Å²) in [5.41, 5.74) is 4.44. The lowest BCUT2D eigenvalue weighted by Crippen LogP contribution is -2.02. The molecule has 2 aromatic heterocycles. The Morgan fingerprint density at radius 2 is 1.93 bits per heavy atom. The molecule has 5 nitrogen and oxygen atoms in total. The van der Waals surface area contributed by atoms with Gasteiger partial charge in [-0.05, 0) is 37.1 Å². The van der Waals surface area contributed by atoms with E-state index in [1.54, 1.807) is 17.8 Å². The second kappa shape index (κ2) is 8.09. The van der Waals surface area contributed by atoms with Crippen LogP contribution in [-0.2, 0) is 12.3 Å². The van der Waals surface area contributed by atoms with Crippen LogP contribution in [0.3, 0.4) is 0 Å². The van der Waals surface area contributed by atoms with Gasteiger partial charge in [-0.15, -0.1) is 16.8 Å². The minimum absolute atomic E-state index is 0.341. The molecule has 146 valence electrons. The zero-order valence-corrected chi connectivity index (χ0v) is 17.2. The Kier molecular flexibility index (Phi) is 5.36. The summed E-state index contributed by atoms with van der Waals surface area (Å²) < 4.78 is 7.41. The summed E-state index contributed by atoms with van der Waals surface area (Å²) in [7, 11) is 0. The van der Waals surface area contributed by atoms with Gasteiger partial charge in [0.25, 0.3) is 0 Å². The van der Waals surface area contributed by atoms with Crippen LogP contribution in [0.2, 0.25) is 0 Å². The SMILES string of the molecule is C=CCn1c(SCc2cc(=O)oc3cc(C)ccc23)nnc1-c1cccc(C)c1. The predicted octanol–water partition coefficient (Wildman–Crippen LogP) is 5.15. The Hall–Kier alpha value is -3.12. The summed E-state index contributed by atoms with van der Waals surface area (Å²) in [5, 5.41) is 10.5. The van der Waals surface area contributed by atoms with Crippen LogP contribution in [0, 0.1) is 13.8 Å². The quantitative estimate of drug-likeness (QED) is 0.253. The molecule has 4 rings (SSSR count). The number of nitrogens with zero attached hydrogens (tertiary/aromatic N) is 3. The Balaban J connectivity index is 1.68. The number of benzene rings is 2. The highest BCUT2D eigenvalue weighted by Gasteiger charge is 2.15. The van der Waals surface area contributed by atoms with Crippen molar-refractivity contribution < 1.29 is 4.42 Å². The van der Waals surface area contributed by atoms with Crippen LogP contribution in [-0.4, -0.2) is 14.8 Å². The average molecular weight is 404 g/mol. The molecule has 0 N–H and O–H groups in total. The fraction of sp³-hybridized carbons (Fsp3) is 0.174. The fourth-order valence-electron chi connectivity index (χ4n) is 3.29. The molecule has 0 atom stereocenters. The lowest BCUT2D eigenvalue weighted by atomic mass is 10.1. The third-order valence-electron chi connectivity index (χ3n) is 4.65. The average Bonchev–Trinajstić information content (AvgIpc) is 3.08. The van der Waals surface area contributed by atoms with E-state index >= 15 is 0 Å². The van der Waals surface area contributed by atoms with Crippen molar-refractivity contribution in [2.24, 2.45) is 0 Å². The molecule has 0 bridgehead atoms. The molecular weight excluding hydrogens is 382 g/mol. The van der Waals surface area contributed by atoms with E-state index in [1.807, 2.05) is 47.9 Å². The second-order valence-electron chi connectivity index (χ2n) is 6.95. The Morgan fingerprint density at radius 3 is 2.72 bits per heavy atom. The van der Waals surface area contributed by atoms with Crippen molar-refractivity contribution in [3.05, 3.63) is 88.3 Å². The number of hydrogen-bond donors (Lipinski definition) is 0. The van der Waals surface area contributed by atoms with E-state index in [0.29, 0.717) is 17.9 Å². The third-order valence-corrected chi connectivity index (χ3v) is 5.66. The van der Waals surface area contributed by atoms with Crippen molar-refractivity contribution in [1.82, 2.24) is 14.8 Å². The van der Waals surface area contributed by atoms with E-state index in [9.17, 15) is 4.79 Å². The van der Waals surface area contributed by atoms with Crippen molar-refractivity contribution in [1.29, 1.82) is 0 Å². The summed E-state index contributed by atoms with van der Waals surface area (Å²) in [6.45, 7) is 8.51. The van der Waals surface area contributed by atoms with Gasteiger partial charge in [-0.25, -0.2) is 4.79 Å². The first-order valence-corrected chi connectivity index (χ1v) is 10.3. The second-order valence-corrected chi connectivity index (χ2v) is 7.90. The number of allylic oxidation sites excluding steroid dienone is 1. The summed E-state index contributed by atoms with van der Waals surface area (Å²) in [6, 6.07) is 15.7. The highest BCUT2D eigenvalue weighted by Crippen LogP contribution is 2.29. The van der Waals surface area contributed by atoms with Crippen molar-refractivity contribution in [3.63, 3.8) is 0 Å². The molecule has 0 saturated carbocycles. The molecule has 4 aromatic rings. The van der Waals surface area contributed by atoms with Crippen LogP contribution in [0.4, 0.5) is 0 Å². The maximum Gasteiger partial charge on any atom is 0.336 e. The monoisotopic (exact) mass is 403 g/mol. The molecule has 29 heavy (non-hydrogen) atoms. The standard InChI is InChI=1S/C23H21N3O2S/c1-4-10-26-22(17-7-5-6-15(2)11-17)24-25-23(26)29-14-18-13-21(27)28-20-12-16(3)8-9-19(18)20/h4-9,11-13H,1,10,14H2,2-3H3. The predicted molar refractivity (Wildman–Crippen MR) is 117 cm³/mol. The highest BCUT2D eigenvalue weighted by atomic mass is 32.2. The molecule has 2 heterocycles. The highest BCUT2D eigenvalue weighted by molar-refractivity contribution is 7.98. The first kappa shape index (κ1) is 19.2. The van der Waals surface area contributed by atoms with Crippen molar-refractivity contribution in [2.75, 3.05) is 0 Å². The molecule has 2 aromatic carbocycles. The van der Waals surface area contributed by atoms with Gasteiger partial charge in [0, 0.05) is 29.3 Å². The zero-order valence-electron chi connectivity index (χ0n) is 16.4. The molecule has 0 fully saturated rings. The molecule has 0 radical (unpaired) electrons. The molecule has 0 saturated heterocycles. The molecule has 0 spiro atoms. The van der Waals surface area contributed by atoms with E-state index in [1.165, 1.54) is 5.56 Å². The number of thioether (sulfide) groups is 1. The number of rotatable bonds is 6. The first-order valence-electron chi connectivity index (χ1n) is 9.32. The van der Waals surface area contributed by atoms with Gasteiger partial charge in [0.15, 0.2) is 11.0 Å². The minimum Gasteiger partial charge on any atom is -0.423 e. The Bertz CT molecular complexity index is 1260.